The topological polar surface area (TPSA) is 50.4 Å². The predicted molar refractivity (Wildman–Crippen MR) is 120 cm³/mol. The molecule has 1 amide bonds. The number of amides is 1. The minimum Gasteiger partial charge on any atom is -0.484 e. The summed E-state index contributed by atoms with van der Waals surface area (Å²) in [6.07, 6.45) is 0. The summed E-state index contributed by atoms with van der Waals surface area (Å²) < 4.78 is 5.66. The summed E-state index contributed by atoms with van der Waals surface area (Å²) in [4.78, 5) is 12.2. The van der Waals surface area contributed by atoms with Crippen LogP contribution in [-0.2, 0) is 11.3 Å². The smallest absolute Gasteiger partial charge is 0.262 e. The Labute approximate surface area is 176 Å². The van der Waals surface area contributed by atoms with Crippen molar-refractivity contribution in [3.05, 3.63) is 87.9 Å². The number of carbonyl (C=O) groups excluding carboxylic acids is 1. The Bertz CT molecular complexity index is 1020. The zero-order chi connectivity index (χ0) is 20.8. The Morgan fingerprint density at radius 2 is 1.76 bits per heavy atom. The molecule has 5 heteroatoms. The second-order valence-corrected chi connectivity index (χ2v) is 7.53. The van der Waals surface area contributed by atoms with Gasteiger partial charge in [-0.3, -0.25) is 4.79 Å². The van der Waals surface area contributed by atoms with Crippen LogP contribution in [0.3, 0.4) is 0 Å². The van der Waals surface area contributed by atoms with Gasteiger partial charge in [0.25, 0.3) is 5.91 Å². The van der Waals surface area contributed by atoms with Crippen molar-refractivity contribution in [3.8, 4) is 5.75 Å². The number of hydrogen-bond donors (Lipinski definition) is 2. The Kier molecular flexibility index (Phi) is 6.78. The number of ether oxygens (including phenoxy) is 1. The van der Waals surface area contributed by atoms with E-state index in [9.17, 15) is 4.79 Å². The maximum atomic E-state index is 12.2. The van der Waals surface area contributed by atoms with Crippen molar-refractivity contribution in [2.24, 2.45) is 0 Å². The molecule has 2 N–H and O–H groups in total. The molecule has 3 rings (SSSR count). The Hall–Kier alpha value is -2.98. The van der Waals surface area contributed by atoms with Gasteiger partial charge in [0.15, 0.2) is 6.61 Å². The third kappa shape index (κ3) is 6.00. The van der Waals surface area contributed by atoms with E-state index in [1.54, 1.807) is 6.07 Å². The molecule has 0 unspecified atom stereocenters. The third-order valence-electron chi connectivity index (χ3n) is 4.60. The SMILES string of the molecule is Cc1ccc(C)c(NCc2cccc(OCC(=O)Nc3ccc(C)c(Cl)c3)c2)c1. The van der Waals surface area contributed by atoms with Crippen molar-refractivity contribution in [1.29, 1.82) is 0 Å². The fraction of sp³-hybridized carbons (Fsp3) is 0.208. The largest absolute Gasteiger partial charge is 0.484 e. The minimum atomic E-state index is -0.233. The first kappa shape index (κ1) is 20.7. The van der Waals surface area contributed by atoms with Crippen molar-refractivity contribution in [3.63, 3.8) is 0 Å². The van der Waals surface area contributed by atoms with Gasteiger partial charge in [0, 0.05) is 22.9 Å². The van der Waals surface area contributed by atoms with Gasteiger partial charge in [-0.05, 0) is 73.4 Å². The van der Waals surface area contributed by atoms with Crippen molar-refractivity contribution in [1.82, 2.24) is 0 Å². The molecular formula is C24H25ClN2O2. The van der Waals surface area contributed by atoms with E-state index in [1.807, 2.05) is 43.3 Å². The zero-order valence-corrected chi connectivity index (χ0v) is 17.6. The van der Waals surface area contributed by atoms with Crippen molar-refractivity contribution < 1.29 is 9.53 Å². The van der Waals surface area contributed by atoms with Gasteiger partial charge in [-0.15, -0.1) is 0 Å². The molecule has 0 spiro atoms. The predicted octanol–water partition coefficient (Wildman–Crippen LogP) is 5.89. The molecule has 0 atom stereocenters. The van der Waals surface area contributed by atoms with Gasteiger partial charge in [-0.25, -0.2) is 0 Å². The van der Waals surface area contributed by atoms with Crippen molar-refractivity contribution in [2.45, 2.75) is 27.3 Å². The average Bonchev–Trinajstić information content (AvgIpc) is 2.70. The summed E-state index contributed by atoms with van der Waals surface area (Å²) in [5, 5.41) is 6.87. The second-order valence-electron chi connectivity index (χ2n) is 7.12. The van der Waals surface area contributed by atoms with Gasteiger partial charge >= 0.3 is 0 Å². The number of benzene rings is 3. The van der Waals surface area contributed by atoms with E-state index in [1.165, 1.54) is 11.1 Å². The molecule has 150 valence electrons. The molecular weight excluding hydrogens is 384 g/mol. The Balaban J connectivity index is 1.54. The zero-order valence-electron chi connectivity index (χ0n) is 16.9. The molecule has 4 nitrogen and oxygen atoms in total. The number of nitrogens with one attached hydrogen (secondary N) is 2. The lowest BCUT2D eigenvalue weighted by Crippen LogP contribution is -2.20. The molecule has 0 radical (unpaired) electrons. The first-order valence-electron chi connectivity index (χ1n) is 9.49. The van der Waals surface area contributed by atoms with E-state index in [0.717, 1.165) is 16.8 Å². The fourth-order valence-electron chi connectivity index (χ4n) is 2.89. The first-order valence-corrected chi connectivity index (χ1v) is 9.87. The Morgan fingerprint density at radius 1 is 0.966 bits per heavy atom. The number of anilines is 2. The van der Waals surface area contributed by atoms with Crippen LogP contribution in [0.5, 0.6) is 5.75 Å². The highest BCUT2D eigenvalue weighted by Crippen LogP contribution is 2.21. The number of rotatable bonds is 7. The van der Waals surface area contributed by atoms with Gasteiger partial charge in [-0.2, -0.15) is 0 Å². The summed E-state index contributed by atoms with van der Waals surface area (Å²) >= 11 is 6.09. The molecule has 0 bridgehead atoms. The summed E-state index contributed by atoms with van der Waals surface area (Å²) in [7, 11) is 0. The summed E-state index contributed by atoms with van der Waals surface area (Å²) in [5.74, 6) is 0.422. The molecule has 0 saturated carbocycles. The maximum absolute atomic E-state index is 12.2. The van der Waals surface area contributed by atoms with E-state index >= 15 is 0 Å². The van der Waals surface area contributed by atoms with Gasteiger partial charge in [0.2, 0.25) is 0 Å². The van der Waals surface area contributed by atoms with Crippen LogP contribution in [0.25, 0.3) is 0 Å². The van der Waals surface area contributed by atoms with Gasteiger partial charge in [0.1, 0.15) is 5.75 Å². The Morgan fingerprint density at radius 3 is 2.55 bits per heavy atom. The third-order valence-corrected chi connectivity index (χ3v) is 5.01. The van der Waals surface area contributed by atoms with Crippen LogP contribution in [0.15, 0.2) is 60.7 Å². The summed E-state index contributed by atoms with van der Waals surface area (Å²) in [6.45, 7) is 6.68. The van der Waals surface area contributed by atoms with Crippen LogP contribution < -0.4 is 15.4 Å². The normalized spacial score (nSPS) is 10.5. The molecule has 0 aromatic heterocycles. The molecule has 3 aromatic rings. The van der Waals surface area contributed by atoms with E-state index in [2.05, 4.69) is 42.7 Å². The molecule has 0 fully saturated rings. The highest BCUT2D eigenvalue weighted by molar-refractivity contribution is 6.31. The molecule has 0 aliphatic heterocycles. The monoisotopic (exact) mass is 408 g/mol. The average molecular weight is 409 g/mol. The minimum absolute atomic E-state index is 0.0701. The van der Waals surface area contributed by atoms with Gasteiger partial charge < -0.3 is 15.4 Å². The van der Waals surface area contributed by atoms with Gasteiger partial charge in [-0.1, -0.05) is 41.9 Å². The number of hydrogen-bond acceptors (Lipinski definition) is 3. The van der Waals surface area contributed by atoms with Crippen LogP contribution in [0.1, 0.15) is 22.3 Å². The fourth-order valence-corrected chi connectivity index (χ4v) is 3.07. The number of halogens is 1. The lowest BCUT2D eigenvalue weighted by atomic mass is 10.1. The van der Waals surface area contributed by atoms with E-state index in [0.29, 0.717) is 23.0 Å². The van der Waals surface area contributed by atoms with Crippen LogP contribution in [-0.4, -0.2) is 12.5 Å². The summed E-state index contributed by atoms with van der Waals surface area (Å²) in [6, 6.07) is 19.5. The highest BCUT2D eigenvalue weighted by Gasteiger charge is 2.06. The molecule has 29 heavy (non-hydrogen) atoms. The molecule has 0 aliphatic rings. The molecule has 0 heterocycles. The van der Waals surface area contributed by atoms with Crippen molar-refractivity contribution >= 4 is 28.9 Å². The number of carbonyl (C=O) groups is 1. The van der Waals surface area contributed by atoms with Gasteiger partial charge in [0.05, 0.1) is 0 Å². The van der Waals surface area contributed by atoms with Crippen LogP contribution in [0, 0.1) is 20.8 Å². The van der Waals surface area contributed by atoms with Crippen LogP contribution in [0.4, 0.5) is 11.4 Å². The molecule has 0 aliphatic carbocycles. The molecule has 0 saturated heterocycles. The lowest BCUT2D eigenvalue weighted by molar-refractivity contribution is -0.118. The second kappa shape index (κ2) is 9.48. The quantitative estimate of drug-likeness (QED) is 0.512. The highest BCUT2D eigenvalue weighted by atomic mass is 35.5. The molecule has 3 aromatic carbocycles. The van der Waals surface area contributed by atoms with Crippen LogP contribution in [0.2, 0.25) is 5.02 Å². The first-order chi connectivity index (χ1) is 13.9. The van der Waals surface area contributed by atoms with E-state index in [-0.39, 0.29) is 12.5 Å². The number of aryl methyl sites for hydroxylation is 3. The van der Waals surface area contributed by atoms with E-state index in [4.69, 9.17) is 16.3 Å². The standard InChI is InChI=1S/C24H25ClN2O2/c1-16-7-8-18(3)23(11-16)26-14-19-5-4-6-21(12-19)29-15-24(28)27-20-10-9-17(2)22(25)13-20/h4-13,26H,14-15H2,1-3H3,(H,27,28). The summed E-state index contributed by atoms with van der Waals surface area (Å²) in [5.41, 5.74) is 6.24. The van der Waals surface area contributed by atoms with Crippen LogP contribution >= 0.6 is 11.6 Å². The van der Waals surface area contributed by atoms with Crippen molar-refractivity contribution in [2.75, 3.05) is 17.2 Å². The lowest BCUT2D eigenvalue weighted by Gasteiger charge is -2.12. The maximum Gasteiger partial charge on any atom is 0.262 e. The van der Waals surface area contributed by atoms with E-state index < -0.39 is 0 Å².